The van der Waals surface area contributed by atoms with Crippen LogP contribution >= 0.6 is 0 Å². The molecule has 2 fully saturated rings. The fourth-order valence-electron chi connectivity index (χ4n) is 4.41. The lowest BCUT2D eigenvalue weighted by atomic mass is 9.86. The molecular weight excluding hydrogens is 282 g/mol. The highest BCUT2D eigenvalue weighted by atomic mass is 15.1. The lowest BCUT2D eigenvalue weighted by Crippen LogP contribution is -2.24. The predicted molar refractivity (Wildman–Crippen MR) is 96.3 cm³/mol. The predicted octanol–water partition coefficient (Wildman–Crippen LogP) is 5.44. The van der Waals surface area contributed by atoms with Gasteiger partial charge in [0, 0.05) is 18.2 Å². The van der Waals surface area contributed by atoms with Gasteiger partial charge in [-0.25, -0.2) is 4.98 Å². The first-order valence-corrected chi connectivity index (χ1v) is 9.56. The number of rotatable bonds is 3. The number of imidazole rings is 1. The van der Waals surface area contributed by atoms with Gasteiger partial charge in [-0.3, -0.25) is 4.40 Å². The van der Waals surface area contributed by atoms with E-state index in [2.05, 4.69) is 35.0 Å². The molecule has 2 aromatic rings. The van der Waals surface area contributed by atoms with E-state index in [9.17, 15) is 0 Å². The van der Waals surface area contributed by atoms with Gasteiger partial charge in [-0.05, 0) is 44.2 Å². The van der Waals surface area contributed by atoms with Crippen LogP contribution in [0.5, 0.6) is 0 Å². The van der Waals surface area contributed by atoms with Crippen molar-refractivity contribution in [3.63, 3.8) is 0 Å². The molecule has 3 heteroatoms. The second-order valence-corrected chi connectivity index (χ2v) is 7.59. The summed E-state index contributed by atoms with van der Waals surface area (Å²) in [6.07, 6.45) is 15.7. The molecule has 2 saturated carbocycles. The SMILES string of the molecule is Cc1ccc2nc(C3CCCCC3)c(NC3CCCCC3)n2c1. The fourth-order valence-corrected chi connectivity index (χ4v) is 4.41. The van der Waals surface area contributed by atoms with Crippen LogP contribution in [0.15, 0.2) is 18.3 Å². The first kappa shape index (κ1) is 15.0. The molecule has 2 aliphatic carbocycles. The summed E-state index contributed by atoms with van der Waals surface area (Å²) in [7, 11) is 0. The molecule has 1 N–H and O–H groups in total. The molecule has 0 atom stereocenters. The van der Waals surface area contributed by atoms with Crippen LogP contribution in [0, 0.1) is 6.92 Å². The summed E-state index contributed by atoms with van der Waals surface area (Å²) in [5, 5.41) is 3.90. The van der Waals surface area contributed by atoms with Crippen LogP contribution in [0.1, 0.15) is 81.4 Å². The number of aryl methyl sites for hydroxylation is 1. The van der Waals surface area contributed by atoms with Gasteiger partial charge in [0.25, 0.3) is 0 Å². The number of pyridine rings is 1. The molecule has 124 valence electrons. The molecule has 4 rings (SSSR count). The van der Waals surface area contributed by atoms with Crippen LogP contribution in [0.25, 0.3) is 5.65 Å². The topological polar surface area (TPSA) is 29.3 Å². The number of nitrogens with one attached hydrogen (secondary N) is 1. The van der Waals surface area contributed by atoms with E-state index in [4.69, 9.17) is 4.98 Å². The monoisotopic (exact) mass is 311 g/mol. The molecule has 0 radical (unpaired) electrons. The third-order valence-electron chi connectivity index (χ3n) is 5.73. The Bertz CT molecular complexity index is 661. The van der Waals surface area contributed by atoms with Crippen molar-refractivity contribution >= 4 is 11.5 Å². The first-order valence-electron chi connectivity index (χ1n) is 9.56. The lowest BCUT2D eigenvalue weighted by Gasteiger charge is -2.26. The molecule has 3 nitrogen and oxygen atoms in total. The fraction of sp³-hybridized carbons (Fsp3) is 0.650. The van der Waals surface area contributed by atoms with Crippen molar-refractivity contribution in [1.29, 1.82) is 0 Å². The summed E-state index contributed by atoms with van der Waals surface area (Å²) >= 11 is 0. The van der Waals surface area contributed by atoms with Crippen molar-refractivity contribution in [2.24, 2.45) is 0 Å². The Kier molecular flexibility index (Phi) is 4.28. The Morgan fingerprint density at radius 3 is 2.39 bits per heavy atom. The number of fused-ring (bicyclic) bond motifs is 1. The van der Waals surface area contributed by atoms with Crippen molar-refractivity contribution < 1.29 is 0 Å². The van der Waals surface area contributed by atoms with Crippen LogP contribution in [0.4, 0.5) is 5.82 Å². The van der Waals surface area contributed by atoms with E-state index in [0.717, 1.165) is 5.65 Å². The number of nitrogens with zero attached hydrogens (tertiary/aromatic N) is 2. The molecule has 0 saturated heterocycles. The third kappa shape index (κ3) is 3.11. The highest BCUT2D eigenvalue weighted by molar-refractivity contribution is 5.57. The maximum Gasteiger partial charge on any atom is 0.138 e. The van der Waals surface area contributed by atoms with Gasteiger partial charge < -0.3 is 5.32 Å². The normalized spacial score (nSPS) is 20.9. The van der Waals surface area contributed by atoms with Gasteiger partial charge in [0.05, 0.1) is 5.69 Å². The third-order valence-corrected chi connectivity index (χ3v) is 5.73. The Morgan fingerprint density at radius 2 is 1.65 bits per heavy atom. The minimum atomic E-state index is 0.631. The van der Waals surface area contributed by atoms with Gasteiger partial charge in [0.15, 0.2) is 0 Å². The van der Waals surface area contributed by atoms with Crippen molar-refractivity contribution in [2.45, 2.75) is 83.1 Å². The second-order valence-electron chi connectivity index (χ2n) is 7.59. The molecule has 2 aliphatic rings. The molecule has 2 heterocycles. The number of aromatic nitrogens is 2. The molecule has 0 aromatic carbocycles. The Hall–Kier alpha value is -1.51. The molecule has 23 heavy (non-hydrogen) atoms. The minimum Gasteiger partial charge on any atom is -0.367 e. The maximum absolute atomic E-state index is 5.04. The molecule has 0 unspecified atom stereocenters. The van der Waals surface area contributed by atoms with Gasteiger partial charge in [0.1, 0.15) is 11.5 Å². The van der Waals surface area contributed by atoms with E-state index in [-0.39, 0.29) is 0 Å². The van der Waals surface area contributed by atoms with Crippen LogP contribution in [-0.4, -0.2) is 15.4 Å². The summed E-state index contributed by atoms with van der Waals surface area (Å²) in [4.78, 5) is 5.04. The first-order chi connectivity index (χ1) is 11.3. The summed E-state index contributed by atoms with van der Waals surface area (Å²) in [6, 6.07) is 4.98. The smallest absolute Gasteiger partial charge is 0.138 e. The van der Waals surface area contributed by atoms with Gasteiger partial charge >= 0.3 is 0 Å². The van der Waals surface area contributed by atoms with Gasteiger partial charge in [-0.2, -0.15) is 0 Å². The number of hydrogen-bond donors (Lipinski definition) is 1. The molecule has 2 aromatic heterocycles. The summed E-state index contributed by atoms with van der Waals surface area (Å²) in [6.45, 7) is 2.17. The van der Waals surface area contributed by atoms with Crippen LogP contribution in [-0.2, 0) is 0 Å². The largest absolute Gasteiger partial charge is 0.367 e. The summed E-state index contributed by atoms with van der Waals surface area (Å²) in [5.41, 5.74) is 3.74. The molecule has 0 amide bonds. The molecule has 0 spiro atoms. The van der Waals surface area contributed by atoms with E-state index in [1.165, 1.54) is 81.3 Å². The number of anilines is 1. The molecular formula is C20H29N3. The van der Waals surface area contributed by atoms with Crippen LogP contribution in [0.2, 0.25) is 0 Å². The second kappa shape index (κ2) is 6.54. The van der Waals surface area contributed by atoms with Gasteiger partial charge in [-0.1, -0.05) is 44.6 Å². The van der Waals surface area contributed by atoms with Gasteiger partial charge in [0.2, 0.25) is 0 Å². The highest BCUT2D eigenvalue weighted by Gasteiger charge is 2.25. The summed E-state index contributed by atoms with van der Waals surface area (Å²) in [5.74, 6) is 1.94. The molecule has 0 bridgehead atoms. The zero-order chi connectivity index (χ0) is 15.6. The zero-order valence-corrected chi connectivity index (χ0v) is 14.4. The zero-order valence-electron chi connectivity index (χ0n) is 14.4. The Balaban J connectivity index is 1.72. The minimum absolute atomic E-state index is 0.631. The van der Waals surface area contributed by atoms with Crippen molar-refractivity contribution in [3.8, 4) is 0 Å². The van der Waals surface area contributed by atoms with Crippen LogP contribution in [0.3, 0.4) is 0 Å². The van der Waals surface area contributed by atoms with E-state index in [0.29, 0.717) is 12.0 Å². The molecule has 0 aliphatic heterocycles. The standard InChI is InChI=1S/C20H29N3/c1-15-12-13-18-22-19(16-8-4-2-5-9-16)20(23(18)14-15)21-17-10-6-3-7-11-17/h12-14,16-17,21H,2-11H2,1H3. The highest BCUT2D eigenvalue weighted by Crippen LogP contribution is 2.37. The average molecular weight is 311 g/mol. The van der Waals surface area contributed by atoms with Crippen molar-refractivity contribution in [2.75, 3.05) is 5.32 Å². The lowest BCUT2D eigenvalue weighted by molar-refractivity contribution is 0.435. The average Bonchev–Trinajstić information content (AvgIpc) is 2.95. The number of hydrogen-bond acceptors (Lipinski definition) is 2. The van der Waals surface area contributed by atoms with Crippen molar-refractivity contribution in [1.82, 2.24) is 9.38 Å². The Morgan fingerprint density at radius 1 is 0.957 bits per heavy atom. The quantitative estimate of drug-likeness (QED) is 0.818. The van der Waals surface area contributed by atoms with E-state index < -0.39 is 0 Å². The van der Waals surface area contributed by atoms with E-state index in [1.54, 1.807) is 0 Å². The van der Waals surface area contributed by atoms with Crippen LogP contribution < -0.4 is 5.32 Å². The maximum atomic E-state index is 5.04. The summed E-state index contributed by atoms with van der Waals surface area (Å²) < 4.78 is 2.31. The Labute approximate surface area is 139 Å². The van der Waals surface area contributed by atoms with Gasteiger partial charge in [-0.15, -0.1) is 0 Å². The van der Waals surface area contributed by atoms with E-state index >= 15 is 0 Å². The van der Waals surface area contributed by atoms with Crippen molar-refractivity contribution in [3.05, 3.63) is 29.6 Å². The van der Waals surface area contributed by atoms with E-state index in [1.807, 2.05) is 0 Å².